The van der Waals surface area contributed by atoms with E-state index in [0.29, 0.717) is 0 Å². The molecule has 0 saturated heterocycles. The Hall–Kier alpha value is 2.08. The van der Waals surface area contributed by atoms with E-state index in [-0.39, 0.29) is 70.4 Å². The minimum absolute atomic E-state index is 0. The van der Waals surface area contributed by atoms with Crippen LogP contribution in [0.3, 0.4) is 0 Å². The molecule has 0 aliphatic rings. The number of hydrogen-bond acceptors (Lipinski definition) is 6. The van der Waals surface area contributed by atoms with Gasteiger partial charge in [-0.05, 0) is 0 Å². The molecule has 0 radical (unpaired) electrons. The van der Waals surface area contributed by atoms with Crippen molar-refractivity contribution in [2.45, 2.75) is 0 Å². The van der Waals surface area contributed by atoms with Crippen LogP contribution in [0.4, 0.5) is 0 Å². The van der Waals surface area contributed by atoms with Crippen molar-refractivity contribution < 1.29 is 97.3 Å². The van der Waals surface area contributed by atoms with Crippen LogP contribution in [-0.2, 0) is 10.4 Å². The summed E-state index contributed by atoms with van der Waals surface area (Å²) in [5, 5.41) is 0. The quantitative estimate of drug-likeness (QED) is 0.241. The summed E-state index contributed by atoms with van der Waals surface area (Å²) in [5.74, 6) is 0. The van der Waals surface area contributed by atoms with Gasteiger partial charge in [0, 0.05) is 10.4 Å². The first-order valence-electron chi connectivity index (χ1n) is 0.990. The molecule has 0 bridgehead atoms. The molecule has 0 aromatic carbocycles. The molecular formula is HClNa2O6S. The third-order valence-electron chi connectivity index (χ3n) is 0. The van der Waals surface area contributed by atoms with E-state index in [1.54, 1.807) is 0 Å². The van der Waals surface area contributed by atoms with E-state index in [2.05, 4.69) is 0 Å². The standard InChI is InChI=1S/ClHO2.2Na.H2O4S/c2-1-3;;;1-5(2,3)4/h2H;;;(H2,1,2,3,4)/q;2*+1;/p-2. The van der Waals surface area contributed by atoms with Crippen LogP contribution in [-0.4, -0.2) is 22.2 Å². The summed E-state index contributed by atoms with van der Waals surface area (Å²) in [6.45, 7) is 0. The summed E-state index contributed by atoms with van der Waals surface area (Å²) < 4.78 is 49.3. The molecule has 6 nitrogen and oxygen atoms in total. The molecule has 10 heteroatoms. The van der Waals surface area contributed by atoms with Crippen LogP contribution in [0, 0.1) is 11.3 Å². The van der Waals surface area contributed by atoms with Gasteiger partial charge in [-0.2, -0.15) is 0 Å². The van der Waals surface area contributed by atoms with E-state index < -0.39 is 10.4 Å². The molecule has 0 saturated carbocycles. The monoisotopic (exact) mass is 210 g/mol. The van der Waals surface area contributed by atoms with Crippen LogP contribution in [0.1, 0.15) is 0 Å². The van der Waals surface area contributed by atoms with Gasteiger partial charge in [0.15, 0.2) is 0 Å². The van der Waals surface area contributed by atoms with Gasteiger partial charge in [-0.25, -0.2) is 0 Å². The Labute approximate surface area is 106 Å². The average Bonchev–Trinajstić information content (AvgIpc) is 1.27. The number of rotatable bonds is 0. The van der Waals surface area contributed by atoms with E-state index in [1.165, 1.54) is 0 Å². The average molecular weight is 211 g/mol. The maximum atomic E-state index is 8.52. The Morgan fingerprint density at radius 1 is 1.20 bits per heavy atom. The molecule has 0 fully saturated rings. The van der Waals surface area contributed by atoms with Crippen molar-refractivity contribution in [1.29, 1.82) is 0 Å². The first-order valence-corrected chi connectivity index (χ1v) is 2.97. The van der Waals surface area contributed by atoms with Crippen LogP contribution in [0.2, 0.25) is 0 Å². The molecule has 0 aromatic rings. The zero-order valence-electron chi connectivity index (χ0n) is 5.27. The zero-order chi connectivity index (χ0) is 7.21. The SMILES string of the molecule is O=S(=O)([O-])[O-].[Na+].[Na+].[O-][Cl+]O. The van der Waals surface area contributed by atoms with Crippen molar-refractivity contribution in [3.8, 4) is 0 Å². The van der Waals surface area contributed by atoms with Gasteiger partial charge in [-0.15, -0.1) is 4.66 Å². The molecule has 0 aliphatic carbocycles. The summed E-state index contributed by atoms with van der Waals surface area (Å²) >= 11 is -0.167. The molecule has 52 valence electrons. The van der Waals surface area contributed by atoms with Gasteiger partial charge < -0.3 is 13.8 Å². The molecular weight excluding hydrogens is 209 g/mol. The second-order valence-electron chi connectivity index (χ2n) is 0.477. The van der Waals surface area contributed by atoms with Crippen molar-refractivity contribution in [1.82, 2.24) is 0 Å². The first kappa shape index (κ1) is 22.7. The predicted octanol–water partition coefficient (Wildman–Crippen LogP) is -9.08. The molecule has 0 unspecified atom stereocenters. The van der Waals surface area contributed by atoms with Crippen LogP contribution < -0.4 is 63.8 Å². The summed E-state index contributed by atoms with van der Waals surface area (Å²) in [4.78, 5) is 0. The molecule has 0 spiro atoms. The summed E-state index contributed by atoms with van der Waals surface area (Å²) in [6.07, 6.45) is 0. The summed E-state index contributed by atoms with van der Waals surface area (Å²) in [7, 11) is -5.17. The molecule has 0 aliphatic heterocycles. The molecule has 0 atom stereocenters. The Morgan fingerprint density at radius 2 is 1.20 bits per heavy atom. The maximum absolute atomic E-state index is 8.52. The van der Waals surface area contributed by atoms with Crippen LogP contribution in [0.15, 0.2) is 0 Å². The molecule has 10 heavy (non-hydrogen) atoms. The Balaban J connectivity index is -0.0000000326. The molecule has 0 rings (SSSR count). The van der Waals surface area contributed by atoms with Gasteiger partial charge >= 0.3 is 70.4 Å². The van der Waals surface area contributed by atoms with Gasteiger partial charge in [-0.3, -0.25) is 8.42 Å². The Morgan fingerprint density at radius 3 is 1.20 bits per heavy atom. The predicted molar refractivity (Wildman–Crippen MR) is 12.7 cm³/mol. The second kappa shape index (κ2) is 13.7. The van der Waals surface area contributed by atoms with Gasteiger partial charge in [0.1, 0.15) is 0 Å². The molecule has 0 amide bonds. The summed E-state index contributed by atoms with van der Waals surface area (Å²) in [6, 6.07) is 0. The summed E-state index contributed by atoms with van der Waals surface area (Å²) in [5.41, 5.74) is 0. The maximum Gasteiger partial charge on any atom is 1.00 e. The minimum atomic E-state index is -5.17. The Bertz CT molecular complexity index is 110. The van der Waals surface area contributed by atoms with E-state index >= 15 is 0 Å². The second-order valence-corrected chi connectivity index (χ2v) is 1.43. The fourth-order valence-corrected chi connectivity index (χ4v) is 0. The van der Waals surface area contributed by atoms with Gasteiger partial charge in [0.2, 0.25) is 0 Å². The van der Waals surface area contributed by atoms with Crippen molar-refractivity contribution in [2.75, 3.05) is 0 Å². The molecule has 0 heterocycles. The van der Waals surface area contributed by atoms with Crippen LogP contribution in [0.5, 0.6) is 0 Å². The van der Waals surface area contributed by atoms with Gasteiger partial charge in [0.25, 0.3) is 0 Å². The smallest absolute Gasteiger partial charge is 0.759 e. The minimum Gasteiger partial charge on any atom is -0.759 e. The fourth-order valence-electron chi connectivity index (χ4n) is 0. The molecule has 1 N–H and O–H groups in total. The normalized spacial score (nSPS) is 7.60. The van der Waals surface area contributed by atoms with E-state index in [1.807, 2.05) is 0 Å². The van der Waals surface area contributed by atoms with E-state index in [0.717, 1.165) is 0 Å². The Kier molecular flexibility index (Phi) is 31.0. The zero-order valence-corrected chi connectivity index (χ0v) is 10.8. The van der Waals surface area contributed by atoms with Crippen LogP contribution in [0.25, 0.3) is 0 Å². The fraction of sp³-hybridized carbons (Fsp3) is 0. The third-order valence-corrected chi connectivity index (χ3v) is 0. The topological polar surface area (TPSA) is 124 Å². The van der Waals surface area contributed by atoms with Crippen molar-refractivity contribution in [3.05, 3.63) is 0 Å². The van der Waals surface area contributed by atoms with E-state index in [4.69, 9.17) is 26.8 Å². The van der Waals surface area contributed by atoms with Crippen LogP contribution >= 0.6 is 0 Å². The van der Waals surface area contributed by atoms with Gasteiger partial charge in [0.05, 0.1) is 0 Å². The van der Waals surface area contributed by atoms with Crippen molar-refractivity contribution in [3.63, 3.8) is 0 Å². The van der Waals surface area contributed by atoms with Crippen molar-refractivity contribution in [2.24, 2.45) is 0 Å². The van der Waals surface area contributed by atoms with E-state index in [9.17, 15) is 0 Å². The number of hydrogen-bond donors (Lipinski definition) is 1. The first-order chi connectivity index (χ1) is 3.41. The van der Waals surface area contributed by atoms with Gasteiger partial charge in [-0.1, -0.05) is 0 Å². The van der Waals surface area contributed by atoms with Crippen molar-refractivity contribution >= 4 is 10.4 Å². The third kappa shape index (κ3) is 192. The largest absolute Gasteiger partial charge is 1.00 e. The number of halogens is 1. The molecule has 0 aromatic heterocycles.